The number of hydrogen-bond donors (Lipinski definition) is 6. The number of nitrogens with two attached hydrogens (primary N) is 1. The molecule has 86 heavy (non-hydrogen) atoms. The Balaban J connectivity index is 0.904. The molecule has 0 spiro atoms. The van der Waals surface area contributed by atoms with Gasteiger partial charge in [-0.2, -0.15) is 0 Å². The van der Waals surface area contributed by atoms with Gasteiger partial charge in [0.1, 0.15) is 29.9 Å². The third-order valence-corrected chi connectivity index (χ3v) is 20.0. The number of rotatable bonds is 22. The number of carbonyl (C=O) groups is 9. The predicted molar refractivity (Wildman–Crippen MR) is 314 cm³/mol. The second kappa shape index (κ2) is 26.4. The summed E-state index contributed by atoms with van der Waals surface area (Å²) >= 11 is 0. The van der Waals surface area contributed by atoms with Crippen LogP contribution >= 0.6 is 7.60 Å². The number of hydrogen-bond acceptors (Lipinski definition) is 15. The topological polar surface area (TPSA) is 347 Å². The van der Waals surface area contributed by atoms with Gasteiger partial charge in [0.2, 0.25) is 41.4 Å². The molecule has 27 heteroatoms. The number of sulfone groups is 1. The van der Waals surface area contributed by atoms with Gasteiger partial charge in [0, 0.05) is 74.2 Å². The molecule has 4 fully saturated rings. The summed E-state index contributed by atoms with van der Waals surface area (Å²) in [6, 6.07) is 12.3. The Morgan fingerprint density at radius 2 is 1.55 bits per heavy atom. The van der Waals surface area contributed by atoms with E-state index in [1.54, 1.807) is 25.8 Å². The number of imide groups is 1. The van der Waals surface area contributed by atoms with Crippen LogP contribution in [0.2, 0.25) is 0 Å². The van der Waals surface area contributed by atoms with Gasteiger partial charge in [-0.05, 0) is 150 Å². The average molecular weight is 1230 g/mol. The van der Waals surface area contributed by atoms with Gasteiger partial charge < -0.3 is 45.5 Å². The Hall–Kier alpha value is -7.80. The zero-order chi connectivity index (χ0) is 61.8. The highest BCUT2D eigenvalue weighted by Crippen LogP contribution is 2.51. The molecule has 8 amide bonds. The molecule has 1 aliphatic carbocycles. The molecule has 5 heterocycles. The van der Waals surface area contributed by atoms with Crippen molar-refractivity contribution >= 4 is 92.2 Å². The lowest BCUT2D eigenvalue weighted by molar-refractivity contribution is -0.147. The van der Waals surface area contributed by atoms with Gasteiger partial charge in [-0.25, -0.2) is 13.2 Å². The first kappa shape index (κ1) is 62.7. The van der Waals surface area contributed by atoms with Crippen molar-refractivity contribution < 1.29 is 65.2 Å². The highest BCUT2D eigenvalue weighted by Gasteiger charge is 2.47. The van der Waals surface area contributed by atoms with Gasteiger partial charge in [0.25, 0.3) is 11.4 Å². The molecule has 3 saturated heterocycles. The molecule has 7 N–H and O–H groups in total. The fourth-order valence-electron chi connectivity index (χ4n) is 12.3. The summed E-state index contributed by atoms with van der Waals surface area (Å²) in [4.78, 5) is 142. The molecule has 25 nitrogen and oxygen atoms in total. The van der Waals surface area contributed by atoms with E-state index >= 15 is 4.79 Å². The maximum atomic E-state index is 15.2. The van der Waals surface area contributed by atoms with Crippen LogP contribution in [0.5, 0.6) is 0 Å². The number of fused-ring (bicyclic) bond motifs is 3. The molecule has 2 aromatic heterocycles. The van der Waals surface area contributed by atoms with Crippen LogP contribution in [0.3, 0.4) is 0 Å². The molecular weight excluding hydrogens is 1150 g/mol. The van der Waals surface area contributed by atoms with Gasteiger partial charge in [-0.3, -0.25) is 62.2 Å². The normalized spacial score (nSPS) is 21.5. The van der Waals surface area contributed by atoms with Crippen molar-refractivity contribution in [2.45, 2.75) is 139 Å². The third kappa shape index (κ3) is 13.9. The summed E-state index contributed by atoms with van der Waals surface area (Å²) in [6.07, 6.45) is 6.00. The molecule has 4 aliphatic rings. The van der Waals surface area contributed by atoms with E-state index in [-0.39, 0.29) is 110 Å². The van der Waals surface area contributed by atoms with Crippen LogP contribution in [0.25, 0.3) is 21.9 Å². The van der Waals surface area contributed by atoms with E-state index in [1.807, 2.05) is 18.2 Å². The summed E-state index contributed by atoms with van der Waals surface area (Å²) < 4.78 is 50.9. The minimum absolute atomic E-state index is 0.00929. The number of aryl methyl sites for hydroxylation is 2. The Kier molecular flexibility index (Phi) is 19.3. The summed E-state index contributed by atoms with van der Waals surface area (Å²) in [5.74, 6) is -4.59. The van der Waals surface area contributed by atoms with Gasteiger partial charge >= 0.3 is 13.3 Å². The van der Waals surface area contributed by atoms with E-state index in [1.165, 1.54) is 62.6 Å². The summed E-state index contributed by atoms with van der Waals surface area (Å²) in [5, 5.41) is 11.0. The minimum atomic E-state index is -4.19. The van der Waals surface area contributed by atoms with Crippen molar-refractivity contribution in [1.82, 2.24) is 45.2 Å². The number of H-pyrrole nitrogens is 1. The van der Waals surface area contributed by atoms with Crippen molar-refractivity contribution in [3.05, 3.63) is 99.6 Å². The van der Waals surface area contributed by atoms with Crippen LogP contribution in [-0.4, -0.2) is 142 Å². The summed E-state index contributed by atoms with van der Waals surface area (Å²) in [7, 11) is -6.01. The van der Waals surface area contributed by atoms with E-state index in [0.717, 1.165) is 31.1 Å². The molecule has 460 valence electrons. The lowest BCUT2D eigenvalue weighted by Gasteiger charge is -2.40. The summed E-state index contributed by atoms with van der Waals surface area (Å²) in [6.45, 7) is 2.97. The van der Waals surface area contributed by atoms with Crippen molar-refractivity contribution in [2.75, 3.05) is 32.6 Å². The number of imidazole rings is 1. The van der Waals surface area contributed by atoms with Crippen LogP contribution < -0.4 is 32.7 Å². The molecule has 3 aliphatic heterocycles. The zero-order valence-corrected chi connectivity index (χ0v) is 50.2. The van der Waals surface area contributed by atoms with Crippen LogP contribution in [0.1, 0.15) is 129 Å². The van der Waals surface area contributed by atoms with Crippen molar-refractivity contribution in [2.24, 2.45) is 24.6 Å². The largest absolute Gasteiger partial charge is 0.401 e. The number of carbonyl (C=O) groups excluding carboxylic acids is 9. The first-order valence-corrected chi connectivity index (χ1v) is 32.6. The zero-order valence-electron chi connectivity index (χ0n) is 48.5. The average Bonchev–Trinajstić information content (AvgIpc) is 1.89. The SMILES string of the molecule is CCOP(=O)(OCC)C(=O)c1ccc2[nH]c(C(=O)N[C@H]3CN(C(=O)C4CCC(CCc5ccc6c(c5)n(C)c(=O)n6C5CCC(=O)NC5=O)CC4)CC[C@H]4CC[C@@H](C(=O)N[C@@H](CCC(N)=O)C(=O)NCc5ccc(S(C)(=O)=O)cc5)N4C3=O)cc2c1. The van der Waals surface area contributed by atoms with Gasteiger partial charge in [0.15, 0.2) is 9.84 Å². The number of benzene rings is 3. The number of nitrogens with zero attached hydrogens (tertiary/aromatic N) is 4. The van der Waals surface area contributed by atoms with Crippen LogP contribution in [0.15, 0.2) is 76.4 Å². The van der Waals surface area contributed by atoms with E-state index in [0.29, 0.717) is 59.6 Å². The Morgan fingerprint density at radius 3 is 2.22 bits per heavy atom. The monoisotopic (exact) mass is 1220 g/mol. The Morgan fingerprint density at radius 1 is 0.837 bits per heavy atom. The van der Waals surface area contributed by atoms with E-state index in [4.69, 9.17) is 14.8 Å². The number of primary amides is 1. The molecule has 0 bridgehead atoms. The van der Waals surface area contributed by atoms with Crippen molar-refractivity contribution in [1.29, 1.82) is 0 Å². The van der Waals surface area contributed by atoms with Gasteiger partial charge in [0.05, 0.1) is 29.1 Å². The molecule has 5 atom stereocenters. The van der Waals surface area contributed by atoms with Crippen LogP contribution in [0, 0.1) is 11.8 Å². The van der Waals surface area contributed by atoms with Crippen LogP contribution in [0.4, 0.5) is 0 Å². The smallest absolute Gasteiger partial charge is 0.370 e. The minimum Gasteiger partial charge on any atom is -0.370 e. The number of nitrogens with one attached hydrogen (secondary N) is 5. The first-order chi connectivity index (χ1) is 41.0. The fourth-order valence-corrected chi connectivity index (χ4v) is 14.4. The highest BCUT2D eigenvalue weighted by atomic mass is 32.2. The molecule has 1 saturated carbocycles. The second-order valence-electron chi connectivity index (χ2n) is 22.7. The number of aromatic nitrogens is 3. The quantitative estimate of drug-likeness (QED) is 0.0424. The molecule has 5 aromatic rings. The van der Waals surface area contributed by atoms with E-state index < -0.39 is 88.6 Å². The number of aromatic amines is 1. The van der Waals surface area contributed by atoms with Gasteiger partial charge in [-0.1, -0.05) is 18.2 Å². The lowest BCUT2D eigenvalue weighted by atomic mass is 9.79. The molecule has 9 rings (SSSR count). The van der Waals surface area contributed by atoms with Gasteiger partial charge in [-0.15, -0.1) is 0 Å². The van der Waals surface area contributed by atoms with Crippen LogP contribution in [-0.2, 0) is 77.0 Å². The van der Waals surface area contributed by atoms with Crippen molar-refractivity contribution in [3.63, 3.8) is 0 Å². The van der Waals surface area contributed by atoms with E-state index in [2.05, 4.69) is 26.3 Å². The maximum absolute atomic E-state index is 15.2. The molecular formula is C59H73N10O15PS. The number of piperidine rings is 1. The first-order valence-electron chi connectivity index (χ1n) is 29.1. The summed E-state index contributed by atoms with van der Waals surface area (Å²) in [5.41, 5.74) is 7.54. The third-order valence-electron chi connectivity index (χ3n) is 16.9. The highest BCUT2D eigenvalue weighted by molar-refractivity contribution is 7.90. The Labute approximate surface area is 496 Å². The predicted octanol–water partition coefficient (Wildman–Crippen LogP) is 3.81. The second-order valence-corrected chi connectivity index (χ2v) is 26.6. The molecule has 1 unspecified atom stereocenters. The maximum Gasteiger partial charge on any atom is 0.401 e. The number of amides is 8. The lowest BCUT2D eigenvalue weighted by Crippen LogP contribution is -2.62. The van der Waals surface area contributed by atoms with Crippen molar-refractivity contribution in [3.8, 4) is 0 Å². The molecule has 3 aromatic carbocycles. The molecule has 0 radical (unpaired) electrons. The van der Waals surface area contributed by atoms with E-state index in [9.17, 15) is 56.1 Å². The fraction of sp³-hybridized carbons (Fsp3) is 0.492. The standard InChI is InChI=1S/C59H73N10O15PS/c1-5-83-85(80,84-6-2)58(78)38-16-20-42-39(30-38)31-44(62-42)53(73)64-45-33-67(56(76)37-14-9-34(10-15-37)7-8-35-13-22-46-49(29-35)66(3)59(79)69(46)48-24-26-51(71)65-55(48)75)28-27-40-17-23-47(68(40)57(45)77)54(74)63-43(21-25-50(60)70)52(72)61-32-36-11-18-41(19-12-36)86(4,81)82/h11-13,16,18-20,22,29-31,34,37,40,43,45,47-48,62H,5-10,14-15,17,21,23-28,32-33H2,1-4H3,(H2,60,70)(H,61,72)(H,63,74)(H,64,73)(H,65,71,75)/t34?,37?,40-,43+,45+,47+,48?/m1/s1. The Bertz CT molecular complexity index is 3710.